The van der Waals surface area contributed by atoms with Crippen LogP contribution in [-0.4, -0.2) is 80.7 Å². The molecule has 4 heterocycles. The number of methoxy groups -OCH3 is 3. The Bertz CT molecular complexity index is 2190. The van der Waals surface area contributed by atoms with E-state index in [2.05, 4.69) is 0 Å². The normalized spacial score (nSPS) is 18.2. The summed E-state index contributed by atoms with van der Waals surface area (Å²) in [7, 11) is 4.73. The maximum Gasteiger partial charge on any atom is 0.260 e. The molecule has 0 aliphatic carbocycles. The van der Waals surface area contributed by atoms with Crippen LogP contribution in [0.15, 0.2) is 101 Å². The fraction of sp³-hybridized carbons (Fsp3) is 0.238. The molecule has 0 spiro atoms. The number of aliphatic imine (C=N–C) groups is 2. The lowest BCUT2D eigenvalue weighted by atomic mass is 10.0. The molecule has 0 N–H and O–H groups in total. The lowest BCUT2D eigenvalue weighted by Crippen LogP contribution is -2.32. The number of hydrogen-bond acceptors (Lipinski definition) is 9. The van der Waals surface area contributed by atoms with E-state index >= 15 is 0 Å². The van der Waals surface area contributed by atoms with Gasteiger partial charge in [0.1, 0.15) is 5.75 Å². The summed E-state index contributed by atoms with van der Waals surface area (Å²) in [6.07, 6.45) is 9.33. The summed E-state index contributed by atoms with van der Waals surface area (Å²) in [6.45, 7) is 0.625. The van der Waals surface area contributed by atoms with Gasteiger partial charge in [-0.3, -0.25) is 19.6 Å². The summed E-state index contributed by atoms with van der Waals surface area (Å²) >= 11 is 0. The molecule has 8 rings (SSSR count). The second-order valence-electron chi connectivity index (χ2n) is 13.0. The largest absolute Gasteiger partial charge is 0.497 e. The third-order valence-corrected chi connectivity index (χ3v) is 9.84. The molecule has 4 aromatic carbocycles. The monoisotopic (exact) mass is 710 g/mol. The molecule has 2 amide bonds. The van der Waals surface area contributed by atoms with Crippen molar-refractivity contribution in [2.24, 2.45) is 9.98 Å². The number of carbonyl (C=O) groups excluding carboxylic acids is 2. The summed E-state index contributed by atoms with van der Waals surface area (Å²) in [5, 5.41) is 0. The zero-order valence-corrected chi connectivity index (χ0v) is 29.7. The summed E-state index contributed by atoms with van der Waals surface area (Å²) < 4.78 is 28.8. The highest BCUT2D eigenvalue weighted by Gasteiger charge is 2.35. The molecule has 4 aliphatic heterocycles. The molecule has 0 fully saturated rings. The Kier molecular flexibility index (Phi) is 9.14. The first-order chi connectivity index (χ1) is 25.9. The molecule has 2 atom stereocenters. The Morgan fingerprint density at radius 1 is 0.604 bits per heavy atom. The van der Waals surface area contributed by atoms with Gasteiger partial charge in [-0.05, 0) is 46.5 Å². The van der Waals surface area contributed by atoms with Crippen LogP contribution in [0.3, 0.4) is 0 Å². The van der Waals surface area contributed by atoms with Crippen molar-refractivity contribution in [1.82, 2.24) is 9.80 Å². The summed E-state index contributed by atoms with van der Waals surface area (Å²) in [5.41, 5.74) is 6.21. The molecule has 0 saturated heterocycles. The molecule has 53 heavy (non-hydrogen) atoms. The number of hydrogen-bond donors (Lipinski definition) is 0. The van der Waals surface area contributed by atoms with E-state index < -0.39 is 0 Å². The van der Waals surface area contributed by atoms with E-state index in [1.54, 1.807) is 55.4 Å². The maximum atomic E-state index is 13.7. The van der Waals surface area contributed by atoms with Gasteiger partial charge in [0.15, 0.2) is 23.0 Å². The van der Waals surface area contributed by atoms with Crippen LogP contribution in [0, 0.1) is 0 Å². The fourth-order valence-electron chi connectivity index (χ4n) is 7.02. The molecule has 0 unspecified atom stereocenters. The van der Waals surface area contributed by atoms with Crippen LogP contribution in [0.1, 0.15) is 51.1 Å². The van der Waals surface area contributed by atoms with Crippen LogP contribution in [0.5, 0.6) is 28.7 Å². The Morgan fingerprint density at radius 2 is 1.09 bits per heavy atom. The number of benzene rings is 4. The van der Waals surface area contributed by atoms with E-state index in [1.807, 2.05) is 79.4 Å². The van der Waals surface area contributed by atoms with Crippen molar-refractivity contribution in [2.45, 2.75) is 31.3 Å². The predicted octanol–water partition coefficient (Wildman–Crippen LogP) is 7.50. The zero-order valence-electron chi connectivity index (χ0n) is 29.7. The van der Waals surface area contributed by atoms with Crippen LogP contribution in [0.4, 0.5) is 11.4 Å². The fourth-order valence-corrected chi connectivity index (χ4v) is 7.02. The number of rotatable bonds is 11. The third kappa shape index (κ3) is 6.50. The molecular formula is C42H38N4O7. The van der Waals surface area contributed by atoms with Crippen molar-refractivity contribution in [1.29, 1.82) is 0 Å². The minimum Gasteiger partial charge on any atom is -0.497 e. The number of ether oxygens (including phenoxy) is 5. The number of amides is 2. The van der Waals surface area contributed by atoms with E-state index in [0.29, 0.717) is 78.0 Å². The van der Waals surface area contributed by atoms with Gasteiger partial charge in [-0.15, -0.1) is 0 Å². The highest BCUT2D eigenvalue weighted by atomic mass is 16.5. The first kappa shape index (κ1) is 33.8. The highest BCUT2D eigenvalue weighted by molar-refractivity contribution is 6.06. The first-order valence-corrected chi connectivity index (χ1v) is 17.5. The molecule has 4 aromatic rings. The van der Waals surface area contributed by atoms with Crippen LogP contribution in [0.25, 0.3) is 11.1 Å². The average Bonchev–Trinajstić information content (AvgIpc) is 3.78. The number of carbonyl (C=O) groups is 2. The van der Waals surface area contributed by atoms with Crippen molar-refractivity contribution in [3.63, 3.8) is 0 Å². The van der Waals surface area contributed by atoms with Crippen LogP contribution < -0.4 is 23.7 Å². The van der Waals surface area contributed by atoms with Gasteiger partial charge in [-0.1, -0.05) is 42.5 Å². The van der Waals surface area contributed by atoms with Crippen molar-refractivity contribution in [3.05, 3.63) is 114 Å². The Hall–Kier alpha value is -6.36. The van der Waals surface area contributed by atoms with Gasteiger partial charge in [0.05, 0.1) is 69.1 Å². The van der Waals surface area contributed by atoms with Gasteiger partial charge in [0.25, 0.3) is 11.8 Å². The standard InChI is InChI=1S/C42H38N4O7/c1-49-32-12-10-27(11-13-32)29-17-31-23-44-36-21-40(38(51-3)19-34(36)42(48)46(31)25-29)53-15-7-14-52-39-20-35-33(18-37(39)50-2)41(47)45-24-28(16-30(45)22-43-35)26-8-5-4-6-9-26/h4-6,8-13,18-25,30-31H,7,14-17H2,1-3H3/t30-,31-/m0/s1. The van der Waals surface area contributed by atoms with E-state index in [9.17, 15) is 9.59 Å². The zero-order chi connectivity index (χ0) is 36.5. The molecule has 0 saturated carbocycles. The average molecular weight is 711 g/mol. The molecule has 0 bridgehead atoms. The van der Waals surface area contributed by atoms with Crippen molar-refractivity contribution < 1.29 is 33.3 Å². The van der Waals surface area contributed by atoms with E-state index in [-0.39, 0.29) is 23.9 Å². The minimum atomic E-state index is -0.199. The maximum absolute atomic E-state index is 13.7. The van der Waals surface area contributed by atoms with Gasteiger partial charge in [0, 0.05) is 56.2 Å². The lowest BCUT2D eigenvalue weighted by molar-refractivity contribution is 0.0809. The van der Waals surface area contributed by atoms with Crippen LogP contribution in [0.2, 0.25) is 0 Å². The van der Waals surface area contributed by atoms with Gasteiger partial charge < -0.3 is 33.5 Å². The van der Waals surface area contributed by atoms with Gasteiger partial charge >= 0.3 is 0 Å². The second-order valence-corrected chi connectivity index (χ2v) is 13.0. The van der Waals surface area contributed by atoms with E-state index in [4.69, 9.17) is 33.7 Å². The molecule has 4 aliphatic rings. The smallest absolute Gasteiger partial charge is 0.260 e. The Balaban J connectivity index is 0.911. The molecule has 11 heteroatoms. The summed E-state index contributed by atoms with van der Waals surface area (Å²) in [5.74, 6) is 2.33. The molecular weight excluding hydrogens is 672 g/mol. The number of nitrogens with zero attached hydrogens (tertiary/aromatic N) is 4. The van der Waals surface area contributed by atoms with Crippen LogP contribution >= 0.6 is 0 Å². The topological polar surface area (TPSA) is 111 Å². The lowest BCUT2D eigenvalue weighted by Gasteiger charge is -2.19. The third-order valence-electron chi connectivity index (χ3n) is 9.84. The Labute approximate surface area is 307 Å². The van der Waals surface area contributed by atoms with Gasteiger partial charge in [-0.2, -0.15) is 0 Å². The van der Waals surface area contributed by atoms with Crippen molar-refractivity contribution >= 4 is 46.8 Å². The quantitative estimate of drug-likeness (QED) is 0.148. The van der Waals surface area contributed by atoms with Gasteiger partial charge in [-0.25, -0.2) is 0 Å². The van der Waals surface area contributed by atoms with Gasteiger partial charge in [0.2, 0.25) is 0 Å². The van der Waals surface area contributed by atoms with Crippen LogP contribution in [-0.2, 0) is 0 Å². The molecule has 11 nitrogen and oxygen atoms in total. The number of fused-ring (bicyclic) bond motifs is 4. The minimum absolute atomic E-state index is 0.136. The van der Waals surface area contributed by atoms with Crippen molar-refractivity contribution in [3.8, 4) is 28.7 Å². The van der Waals surface area contributed by atoms with Crippen molar-refractivity contribution in [2.75, 3.05) is 34.5 Å². The second kappa shape index (κ2) is 14.3. The molecule has 0 aromatic heterocycles. The summed E-state index contributed by atoms with van der Waals surface area (Å²) in [6, 6.07) is 24.4. The molecule has 268 valence electrons. The first-order valence-electron chi connectivity index (χ1n) is 17.5. The van der Waals surface area contributed by atoms with E-state index in [1.165, 1.54) is 0 Å². The highest BCUT2D eigenvalue weighted by Crippen LogP contribution is 2.42. The molecule has 0 radical (unpaired) electrons. The predicted molar refractivity (Wildman–Crippen MR) is 202 cm³/mol. The Morgan fingerprint density at radius 3 is 1.57 bits per heavy atom. The SMILES string of the molecule is COc1ccc(C2=CN3C(=O)c4cc(OC)c(OCCCOc5cc6c(cc5OC)C(=O)N5C=C(c7ccccc7)C[C@H]5C=N6)cc4N=C[C@@H]3C2)cc1. The van der Waals surface area contributed by atoms with E-state index in [0.717, 1.165) is 28.0 Å². The summed E-state index contributed by atoms with van der Waals surface area (Å²) in [4.78, 5) is 40.3.